The molecule has 0 amide bonds. The van der Waals surface area contributed by atoms with Crippen LogP contribution in [0.5, 0.6) is 5.75 Å². The number of ketones is 1. The minimum Gasteiger partial charge on any atom is -0.484 e. The molecule has 0 bridgehead atoms. The highest BCUT2D eigenvalue weighted by atomic mass is 16.6. The molecule has 0 radical (unpaired) electrons. The summed E-state index contributed by atoms with van der Waals surface area (Å²) in [5, 5.41) is 11.2. The maximum Gasteiger partial charge on any atom is 0.310 e. The van der Waals surface area contributed by atoms with Crippen LogP contribution in [0.15, 0.2) is 42.5 Å². The van der Waals surface area contributed by atoms with E-state index in [0.717, 1.165) is 5.56 Å². The Labute approximate surface area is 151 Å². The summed E-state index contributed by atoms with van der Waals surface area (Å²) in [4.78, 5) is 23.5. The second kappa shape index (κ2) is 6.88. The van der Waals surface area contributed by atoms with Gasteiger partial charge in [-0.25, -0.2) is 0 Å². The van der Waals surface area contributed by atoms with Gasteiger partial charge in [0.1, 0.15) is 12.7 Å². The Bertz CT molecular complexity index is 850. The summed E-state index contributed by atoms with van der Waals surface area (Å²) < 4.78 is 10.6. The van der Waals surface area contributed by atoms with E-state index < -0.39 is 4.92 Å². The molecule has 0 saturated carbocycles. The molecule has 136 valence electrons. The molecule has 1 saturated heterocycles. The lowest BCUT2D eigenvalue weighted by Crippen LogP contribution is -2.12. The largest absolute Gasteiger partial charge is 0.484 e. The minimum atomic E-state index is -0.516. The van der Waals surface area contributed by atoms with Crippen molar-refractivity contribution in [3.8, 4) is 5.75 Å². The molecule has 1 unspecified atom stereocenters. The zero-order valence-electron chi connectivity index (χ0n) is 15.0. The van der Waals surface area contributed by atoms with Crippen LogP contribution in [0.3, 0.4) is 0 Å². The van der Waals surface area contributed by atoms with Crippen molar-refractivity contribution in [1.29, 1.82) is 0 Å². The lowest BCUT2D eigenvalue weighted by Gasteiger charge is -2.19. The van der Waals surface area contributed by atoms with Gasteiger partial charge in [-0.05, 0) is 29.2 Å². The van der Waals surface area contributed by atoms with Crippen molar-refractivity contribution >= 4 is 11.5 Å². The molecule has 26 heavy (non-hydrogen) atoms. The Hall–Kier alpha value is -2.73. The third-order valence-electron chi connectivity index (χ3n) is 4.24. The van der Waals surface area contributed by atoms with Gasteiger partial charge in [0.15, 0.2) is 11.5 Å². The van der Waals surface area contributed by atoms with Crippen molar-refractivity contribution in [1.82, 2.24) is 0 Å². The third-order valence-corrected chi connectivity index (χ3v) is 4.24. The first kappa shape index (κ1) is 18.1. The average Bonchev–Trinajstić information content (AvgIpc) is 3.42. The maximum atomic E-state index is 12.9. The molecule has 6 nitrogen and oxygen atoms in total. The van der Waals surface area contributed by atoms with Gasteiger partial charge in [0, 0.05) is 17.2 Å². The molecule has 1 aliphatic rings. The summed E-state index contributed by atoms with van der Waals surface area (Å²) in [6.45, 7) is 7.06. The first-order chi connectivity index (χ1) is 12.3. The highest BCUT2D eigenvalue weighted by Crippen LogP contribution is 2.30. The number of carbonyl (C=O) groups is 1. The van der Waals surface area contributed by atoms with Gasteiger partial charge in [0.25, 0.3) is 0 Å². The zero-order chi connectivity index (χ0) is 18.9. The van der Waals surface area contributed by atoms with Crippen molar-refractivity contribution in [2.45, 2.75) is 32.3 Å². The van der Waals surface area contributed by atoms with Crippen LogP contribution in [0.2, 0.25) is 0 Å². The summed E-state index contributed by atoms with van der Waals surface area (Å²) in [5.74, 6) is -0.109. The average molecular weight is 355 g/mol. The van der Waals surface area contributed by atoms with Crippen molar-refractivity contribution in [2.24, 2.45) is 0 Å². The number of nitro groups is 1. The topological polar surface area (TPSA) is 82.0 Å². The lowest BCUT2D eigenvalue weighted by molar-refractivity contribution is -0.385. The fraction of sp³-hybridized carbons (Fsp3) is 0.350. The Morgan fingerprint density at radius 3 is 2.54 bits per heavy atom. The van der Waals surface area contributed by atoms with E-state index in [9.17, 15) is 14.9 Å². The van der Waals surface area contributed by atoms with Crippen LogP contribution in [0.4, 0.5) is 5.69 Å². The fourth-order valence-electron chi connectivity index (χ4n) is 2.56. The Balaban J connectivity index is 1.91. The zero-order valence-corrected chi connectivity index (χ0v) is 15.0. The molecule has 1 fully saturated rings. The molecule has 2 aromatic rings. The van der Waals surface area contributed by atoms with E-state index in [4.69, 9.17) is 9.47 Å². The molecule has 0 aliphatic carbocycles. The van der Waals surface area contributed by atoms with Crippen molar-refractivity contribution in [2.75, 3.05) is 13.2 Å². The summed E-state index contributed by atoms with van der Waals surface area (Å²) in [5.41, 5.74) is 1.71. The predicted octanol–water partition coefficient (Wildman–Crippen LogP) is 3.90. The number of nitrogens with zero attached hydrogens (tertiary/aromatic N) is 1. The van der Waals surface area contributed by atoms with E-state index in [1.165, 1.54) is 18.2 Å². The monoisotopic (exact) mass is 355 g/mol. The number of ether oxygens (including phenoxy) is 2. The molecule has 1 aliphatic heterocycles. The molecule has 2 aromatic carbocycles. The van der Waals surface area contributed by atoms with Crippen LogP contribution in [-0.2, 0) is 10.2 Å². The van der Waals surface area contributed by atoms with E-state index in [1.807, 2.05) is 18.2 Å². The van der Waals surface area contributed by atoms with Crippen LogP contribution in [-0.4, -0.2) is 30.0 Å². The van der Waals surface area contributed by atoms with Gasteiger partial charge < -0.3 is 9.47 Å². The lowest BCUT2D eigenvalue weighted by atomic mass is 9.85. The molecular weight excluding hydrogens is 334 g/mol. The summed E-state index contributed by atoms with van der Waals surface area (Å²) in [6, 6.07) is 11.7. The van der Waals surface area contributed by atoms with Crippen molar-refractivity contribution in [3.63, 3.8) is 0 Å². The minimum absolute atomic E-state index is 0.0302. The number of carbonyl (C=O) groups excluding carboxylic acids is 1. The number of benzene rings is 2. The van der Waals surface area contributed by atoms with E-state index >= 15 is 0 Å². The smallest absolute Gasteiger partial charge is 0.310 e. The third kappa shape index (κ3) is 4.08. The second-order valence-electron chi connectivity index (χ2n) is 7.37. The highest BCUT2D eigenvalue weighted by Gasteiger charge is 2.26. The molecule has 0 N–H and O–H groups in total. The van der Waals surface area contributed by atoms with Gasteiger partial charge in [-0.2, -0.15) is 0 Å². The van der Waals surface area contributed by atoms with Gasteiger partial charge in [0.2, 0.25) is 0 Å². The number of nitro benzene ring substituents is 1. The van der Waals surface area contributed by atoms with Crippen LogP contribution in [0, 0.1) is 10.1 Å². The Morgan fingerprint density at radius 2 is 1.92 bits per heavy atom. The van der Waals surface area contributed by atoms with Crippen molar-refractivity contribution in [3.05, 3.63) is 69.3 Å². The Morgan fingerprint density at radius 1 is 1.23 bits per heavy atom. The SMILES string of the molecule is CC(C)(C)c1cccc(C(=O)c2ccc([N+](=O)[O-])c(OCC3CO3)c2)c1. The molecule has 6 heteroatoms. The quantitative estimate of drug-likeness (QED) is 0.340. The molecule has 3 rings (SSSR count). The highest BCUT2D eigenvalue weighted by molar-refractivity contribution is 6.09. The number of hydrogen-bond donors (Lipinski definition) is 0. The van der Waals surface area contributed by atoms with Crippen LogP contribution in [0.1, 0.15) is 42.3 Å². The summed E-state index contributed by atoms with van der Waals surface area (Å²) >= 11 is 0. The standard InChI is InChI=1S/C20H21NO5/c1-20(2,3)15-6-4-5-13(9-15)19(22)14-7-8-17(21(23)24)18(10-14)26-12-16-11-25-16/h4-10,16H,11-12H2,1-3H3. The number of epoxide rings is 1. The van der Waals surface area contributed by atoms with Crippen LogP contribution >= 0.6 is 0 Å². The predicted molar refractivity (Wildman–Crippen MR) is 96.9 cm³/mol. The molecule has 0 aromatic heterocycles. The number of rotatable bonds is 6. The van der Waals surface area contributed by atoms with E-state index in [-0.39, 0.29) is 35.3 Å². The van der Waals surface area contributed by atoms with Gasteiger partial charge in [-0.3, -0.25) is 14.9 Å². The van der Waals surface area contributed by atoms with Crippen LogP contribution in [0.25, 0.3) is 0 Å². The van der Waals surface area contributed by atoms with E-state index in [2.05, 4.69) is 20.8 Å². The molecule has 0 spiro atoms. The first-order valence-electron chi connectivity index (χ1n) is 8.44. The molecule has 1 heterocycles. The number of hydrogen-bond acceptors (Lipinski definition) is 5. The molecular formula is C20H21NO5. The van der Waals surface area contributed by atoms with Gasteiger partial charge >= 0.3 is 5.69 Å². The normalized spacial score (nSPS) is 16.2. The van der Waals surface area contributed by atoms with Gasteiger partial charge in [0.05, 0.1) is 11.5 Å². The first-order valence-corrected chi connectivity index (χ1v) is 8.44. The second-order valence-corrected chi connectivity index (χ2v) is 7.37. The maximum absolute atomic E-state index is 12.9. The van der Waals surface area contributed by atoms with Gasteiger partial charge in [-0.15, -0.1) is 0 Å². The summed E-state index contributed by atoms with van der Waals surface area (Å²) in [7, 11) is 0. The fourth-order valence-corrected chi connectivity index (χ4v) is 2.56. The Kier molecular flexibility index (Phi) is 4.78. The van der Waals surface area contributed by atoms with Gasteiger partial charge in [-0.1, -0.05) is 39.0 Å². The summed E-state index contributed by atoms with van der Waals surface area (Å²) in [6.07, 6.45) is -0.0302. The van der Waals surface area contributed by atoms with E-state index in [1.54, 1.807) is 6.07 Å². The van der Waals surface area contributed by atoms with Crippen molar-refractivity contribution < 1.29 is 19.2 Å². The van der Waals surface area contributed by atoms with Crippen LogP contribution < -0.4 is 4.74 Å². The molecule has 1 atom stereocenters. The van der Waals surface area contributed by atoms with E-state index in [0.29, 0.717) is 17.7 Å².